The molecule has 0 aromatic heterocycles. The van der Waals surface area contributed by atoms with Crippen molar-refractivity contribution in [2.24, 2.45) is 0 Å². The van der Waals surface area contributed by atoms with Crippen LogP contribution in [0.3, 0.4) is 0 Å². The second-order valence-corrected chi connectivity index (χ2v) is 7.57. The molecular weight excluding hydrogens is 365 g/mol. The third kappa shape index (κ3) is 5.87. The molecule has 2 N–H and O–H groups in total. The van der Waals surface area contributed by atoms with Gasteiger partial charge in [0.1, 0.15) is 5.82 Å². The van der Waals surface area contributed by atoms with Gasteiger partial charge in [-0.1, -0.05) is 6.07 Å². The third-order valence-corrected chi connectivity index (χ3v) is 5.52. The molecule has 0 radical (unpaired) electrons. The second-order valence-electron chi connectivity index (χ2n) is 6.12. The Morgan fingerprint density at radius 3 is 2.63 bits per heavy atom. The van der Waals surface area contributed by atoms with Crippen molar-refractivity contribution in [2.45, 2.75) is 30.1 Å². The number of carbonyl (C=O) groups is 1. The first-order valence-electron chi connectivity index (χ1n) is 8.94. The number of halogens is 1. The number of amides is 1. The monoisotopic (exact) mass is 391 g/mol. The average molecular weight is 392 g/mol. The van der Waals surface area contributed by atoms with Crippen LogP contribution in [0, 0.1) is 5.82 Å². The Morgan fingerprint density at radius 2 is 2.00 bits per heavy atom. The summed E-state index contributed by atoms with van der Waals surface area (Å²) in [5.41, 5.74) is 1.42. The van der Waals surface area contributed by atoms with E-state index in [-0.39, 0.29) is 5.91 Å². The molecule has 0 heterocycles. The molecule has 0 fully saturated rings. The lowest BCUT2D eigenvalue weighted by atomic mass is 10.2. The van der Waals surface area contributed by atoms with E-state index in [0.29, 0.717) is 15.5 Å². The first-order chi connectivity index (χ1) is 13.0. The molecule has 0 aliphatic heterocycles. The average Bonchev–Trinajstić information content (AvgIpc) is 2.64. The zero-order valence-electron chi connectivity index (χ0n) is 15.9. The first kappa shape index (κ1) is 21.1. The molecule has 0 aliphatic rings. The van der Waals surface area contributed by atoms with E-state index in [4.69, 9.17) is 0 Å². The highest BCUT2D eigenvalue weighted by atomic mass is 32.2. The van der Waals surface area contributed by atoms with Gasteiger partial charge >= 0.3 is 0 Å². The molecule has 2 rings (SSSR count). The van der Waals surface area contributed by atoms with Gasteiger partial charge in [-0.15, -0.1) is 0 Å². The molecule has 27 heavy (non-hydrogen) atoms. The summed E-state index contributed by atoms with van der Waals surface area (Å²) in [6, 6.07) is 11.1. The lowest BCUT2D eigenvalue weighted by Crippen LogP contribution is -2.26. The van der Waals surface area contributed by atoms with E-state index >= 15 is 0 Å². The fourth-order valence-corrected chi connectivity index (χ4v) is 3.97. The van der Waals surface area contributed by atoms with E-state index in [1.54, 1.807) is 12.1 Å². The van der Waals surface area contributed by atoms with Crippen molar-refractivity contribution in [2.75, 3.05) is 36.9 Å². The van der Waals surface area contributed by atoms with Crippen molar-refractivity contribution >= 4 is 28.1 Å². The highest BCUT2D eigenvalue weighted by molar-refractivity contribution is 7.85. The Hall–Kier alpha value is -2.25. The van der Waals surface area contributed by atoms with Crippen molar-refractivity contribution in [3.63, 3.8) is 0 Å². The van der Waals surface area contributed by atoms with Crippen LogP contribution < -0.4 is 15.5 Å². The van der Waals surface area contributed by atoms with Crippen LogP contribution in [-0.2, 0) is 15.6 Å². The number of nitrogens with zero attached hydrogens (tertiary/aromatic N) is 1. The third-order valence-electron chi connectivity index (χ3n) is 4.09. The van der Waals surface area contributed by atoms with Crippen molar-refractivity contribution in [1.29, 1.82) is 0 Å². The lowest BCUT2D eigenvalue weighted by molar-refractivity contribution is -0.114. The Morgan fingerprint density at radius 1 is 1.22 bits per heavy atom. The normalized spacial score (nSPS) is 11.9. The summed E-state index contributed by atoms with van der Waals surface area (Å²) in [5, 5.41) is 5.89. The summed E-state index contributed by atoms with van der Waals surface area (Å²) in [6.45, 7) is 6.07. The number of hydrogen-bond donors (Lipinski definition) is 2. The Balaban J connectivity index is 2.37. The van der Waals surface area contributed by atoms with E-state index in [0.717, 1.165) is 31.7 Å². The van der Waals surface area contributed by atoms with Gasteiger partial charge in [0, 0.05) is 30.6 Å². The fourth-order valence-electron chi connectivity index (χ4n) is 2.79. The highest BCUT2D eigenvalue weighted by Crippen LogP contribution is 2.29. The van der Waals surface area contributed by atoms with E-state index in [1.165, 1.54) is 25.1 Å². The van der Waals surface area contributed by atoms with Gasteiger partial charge in [0.15, 0.2) is 0 Å². The molecular formula is C20H26FN3O2S. The van der Waals surface area contributed by atoms with Gasteiger partial charge in [0.05, 0.1) is 21.4 Å². The highest BCUT2D eigenvalue weighted by Gasteiger charge is 2.16. The van der Waals surface area contributed by atoms with Crippen LogP contribution in [0.4, 0.5) is 15.8 Å². The summed E-state index contributed by atoms with van der Waals surface area (Å²) >= 11 is 0. The molecule has 1 atom stereocenters. The Kier molecular flexibility index (Phi) is 7.94. The molecule has 0 bridgehead atoms. The van der Waals surface area contributed by atoms with Crippen molar-refractivity contribution < 1.29 is 13.4 Å². The van der Waals surface area contributed by atoms with Crippen LogP contribution in [0.1, 0.15) is 20.3 Å². The molecule has 0 saturated carbocycles. The van der Waals surface area contributed by atoms with Crippen molar-refractivity contribution in [3.05, 3.63) is 48.3 Å². The first-order valence-corrected chi connectivity index (χ1v) is 10.1. The van der Waals surface area contributed by atoms with Crippen molar-refractivity contribution in [1.82, 2.24) is 5.32 Å². The largest absolute Gasteiger partial charge is 0.372 e. The van der Waals surface area contributed by atoms with Gasteiger partial charge in [-0.2, -0.15) is 0 Å². The van der Waals surface area contributed by atoms with Gasteiger partial charge in [-0.3, -0.25) is 4.79 Å². The number of hydrogen-bond acceptors (Lipinski definition) is 4. The molecule has 1 amide bonds. The standard InChI is InChI=1S/C20H26FN3O2S/c1-4-24(12-6-11-22-3)17-9-10-20(19(14-17)23-15(2)25)27(26)18-8-5-7-16(21)13-18/h5,7-10,13-14,22H,4,6,11-12H2,1-3H3,(H,23,25). The van der Waals surface area contributed by atoms with Crippen LogP contribution in [0.15, 0.2) is 52.3 Å². The Labute approximate surface area is 162 Å². The molecule has 146 valence electrons. The van der Waals surface area contributed by atoms with Crippen LogP contribution >= 0.6 is 0 Å². The number of anilines is 2. The van der Waals surface area contributed by atoms with Crippen LogP contribution in [0.5, 0.6) is 0 Å². The van der Waals surface area contributed by atoms with Crippen LogP contribution in [-0.4, -0.2) is 36.8 Å². The number of rotatable bonds is 9. The van der Waals surface area contributed by atoms with Crippen molar-refractivity contribution in [3.8, 4) is 0 Å². The van der Waals surface area contributed by atoms with Crippen LogP contribution in [0.25, 0.3) is 0 Å². The molecule has 7 heteroatoms. The van der Waals surface area contributed by atoms with Crippen LogP contribution in [0.2, 0.25) is 0 Å². The van der Waals surface area contributed by atoms with Gasteiger partial charge < -0.3 is 15.5 Å². The smallest absolute Gasteiger partial charge is 0.221 e. The minimum atomic E-state index is -1.60. The fraction of sp³-hybridized carbons (Fsp3) is 0.350. The maximum atomic E-state index is 13.5. The van der Waals surface area contributed by atoms with E-state index in [2.05, 4.69) is 22.5 Å². The lowest BCUT2D eigenvalue weighted by Gasteiger charge is -2.24. The number of carbonyl (C=O) groups excluding carboxylic acids is 1. The minimum absolute atomic E-state index is 0.247. The summed E-state index contributed by atoms with van der Waals surface area (Å²) < 4.78 is 26.4. The summed E-state index contributed by atoms with van der Waals surface area (Å²) in [6.07, 6.45) is 0.983. The van der Waals surface area contributed by atoms with Gasteiger partial charge in [-0.25, -0.2) is 8.60 Å². The van der Waals surface area contributed by atoms with Gasteiger partial charge in [0.25, 0.3) is 0 Å². The zero-order valence-corrected chi connectivity index (χ0v) is 16.7. The molecule has 0 saturated heterocycles. The summed E-state index contributed by atoms with van der Waals surface area (Å²) in [4.78, 5) is 14.6. The molecule has 0 aliphatic carbocycles. The SMILES string of the molecule is CCN(CCCNC)c1ccc(S(=O)c2cccc(F)c2)c(NC(C)=O)c1. The van der Waals surface area contributed by atoms with E-state index in [1.807, 2.05) is 19.2 Å². The number of nitrogens with one attached hydrogen (secondary N) is 2. The molecule has 2 aromatic rings. The topological polar surface area (TPSA) is 61.4 Å². The second kappa shape index (κ2) is 10.2. The molecule has 0 spiro atoms. The zero-order chi connectivity index (χ0) is 19.8. The minimum Gasteiger partial charge on any atom is -0.372 e. The quantitative estimate of drug-likeness (QED) is 0.644. The Bertz CT molecular complexity index is 814. The maximum absolute atomic E-state index is 13.5. The maximum Gasteiger partial charge on any atom is 0.221 e. The molecule has 2 aromatic carbocycles. The summed E-state index contributed by atoms with van der Waals surface area (Å²) in [7, 11) is 0.320. The molecule has 5 nitrogen and oxygen atoms in total. The van der Waals surface area contributed by atoms with E-state index < -0.39 is 16.6 Å². The van der Waals surface area contributed by atoms with Gasteiger partial charge in [-0.05, 0) is 63.3 Å². The molecule has 1 unspecified atom stereocenters. The predicted octanol–water partition coefficient (Wildman–Crippen LogP) is 3.39. The predicted molar refractivity (Wildman–Crippen MR) is 108 cm³/mol. The van der Waals surface area contributed by atoms with Gasteiger partial charge in [0.2, 0.25) is 5.91 Å². The number of benzene rings is 2. The summed E-state index contributed by atoms with van der Waals surface area (Å²) in [5.74, 6) is -0.692. The van der Waals surface area contributed by atoms with E-state index in [9.17, 15) is 13.4 Å².